The average Bonchev–Trinajstić information content (AvgIpc) is 3.19. The maximum atomic E-state index is 12.6. The number of nitrogens with zero attached hydrogens (tertiary/aromatic N) is 4. The average molecular weight is 407 g/mol. The molecule has 0 radical (unpaired) electrons. The van der Waals surface area contributed by atoms with E-state index < -0.39 is 0 Å². The monoisotopic (exact) mass is 406 g/mol. The van der Waals surface area contributed by atoms with Gasteiger partial charge in [0.05, 0.1) is 11.8 Å². The molecule has 6 nitrogen and oxygen atoms in total. The van der Waals surface area contributed by atoms with Gasteiger partial charge in [0.25, 0.3) is 5.22 Å². The number of aromatic nitrogens is 2. The van der Waals surface area contributed by atoms with Crippen LogP contribution in [0.5, 0.6) is 0 Å². The lowest BCUT2D eigenvalue weighted by Gasteiger charge is -2.19. The molecular formula is C22H22N4O2S. The molecule has 0 saturated heterocycles. The van der Waals surface area contributed by atoms with Crippen LogP contribution in [0.1, 0.15) is 26.3 Å². The highest BCUT2D eigenvalue weighted by Crippen LogP contribution is 2.27. The third kappa shape index (κ3) is 5.24. The van der Waals surface area contributed by atoms with Crippen LogP contribution in [0.4, 0.5) is 5.69 Å². The Morgan fingerprint density at radius 3 is 2.41 bits per heavy atom. The number of hydrogen-bond donors (Lipinski definition) is 0. The predicted molar refractivity (Wildman–Crippen MR) is 114 cm³/mol. The van der Waals surface area contributed by atoms with Crippen molar-refractivity contribution in [3.63, 3.8) is 0 Å². The topological polar surface area (TPSA) is 83.0 Å². The van der Waals surface area contributed by atoms with Gasteiger partial charge in [-0.05, 0) is 35.2 Å². The second-order valence-electron chi connectivity index (χ2n) is 7.46. The summed E-state index contributed by atoms with van der Waals surface area (Å²) in [6.45, 7) is 6.46. The highest BCUT2D eigenvalue weighted by Gasteiger charge is 2.18. The zero-order valence-corrected chi connectivity index (χ0v) is 17.4. The van der Waals surface area contributed by atoms with E-state index in [4.69, 9.17) is 9.68 Å². The SMILES string of the molecule is CC(C)(C)c1ccc(-c2nnc(SCC(=O)N(CC#N)c3ccccc3)o2)cc1. The van der Waals surface area contributed by atoms with Crippen LogP contribution in [0.15, 0.2) is 64.2 Å². The lowest BCUT2D eigenvalue weighted by atomic mass is 9.87. The summed E-state index contributed by atoms with van der Waals surface area (Å²) in [5, 5.41) is 17.5. The van der Waals surface area contributed by atoms with Crippen LogP contribution in [0.3, 0.4) is 0 Å². The molecule has 1 aromatic heterocycles. The molecule has 1 heterocycles. The second kappa shape index (κ2) is 8.93. The van der Waals surface area contributed by atoms with E-state index in [-0.39, 0.29) is 23.6 Å². The van der Waals surface area contributed by atoms with Gasteiger partial charge in [-0.25, -0.2) is 0 Å². The van der Waals surface area contributed by atoms with Crippen molar-refractivity contribution in [1.82, 2.24) is 10.2 Å². The number of thioether (sulfide) groups is 1. The van der Waals surface area contributed by atoms with Gasteiger partial charge >= 0.3 is 0 Å². The minimum Gasteiger partial charge on any atom is -0.411 e. The van der Waals surface area contributed by atoms with Crippen LogP contribution in [0.2, 0.25) is 0 Å². The molecule has 29 heavy (non-hydrogen) atoms. The highest BCUT2D eigenvalue weighted by atomic mass is 32.2. The molecule has 0 N–H and O–H groups in total. The van der Waals surface area contributed by atoms with Gasteiger partial charge in [0, 0.05) is 11.3 Å². The number of nitriles is 1. The Balaban J connectivity index is 1.65. The van der Waals surface area contributed by atoms with Gasteiger partial charge in [-0.2, -0.15) is 5.26 Å². The number of benzene rings is 2. The number of rotatable bonds is 6. The molecule has 0 saturated carbocycles. The lowest BCUT2D eigenvalue weighted by molar-refractivity contribution is -0.116. The number of carbonyl (C=O) groups is 1. The molecule has 0 spiro atoms. The van der Waals surface area contributed by atoms with E-state index in [0.29, 0.717) is 16.8 Å². The van der Waals surface area contributed by atoms with Gasteiger partial charge in [0.1, 0.15) is 6.54 Å². The van der Waals surface area contributed by atoms with Crippen molar-refractivity contribution in [3.8, 4) is 17.5 Å². The van der Waals surface area contributed by atoms with Gasteiger partial charge in [0.15, 0.2) is 0 Å². The third-order valence-electron chi connectivity index (χ3n) is 4.32. The number of para-hydroxylation sites is 1. The summed E-state index contributed by atoms with van der Waals surface area (Å²) in [5.41, 5.74) is 2.81. The van der Waals surface area contributed by atoms with Crippen molar-refractivity contribution in [1.29, 1.82) is 5.26 Å². The molecular weight excluding hydrogens is 384 g/mol. The minimum absolute atomic E-state index is 0.0153. The molecule has 0 bridgehead atoms. The van der Waals surface area contributed by atoms with Crippen molar-refractivity contribution in [2.24, 2.45) is 0 Å². The van der Waals surface area contributed by atoms with E-state index in [9.17, 15) is 4.79 Å². The van der Waals surface area contributed by atoms with Crippen molar-refractivity contribution in [2.75, 3.05) is 17.2 Å². The van der Waals surface area contributed by atoms with E-state index in [0.717, 1.165) is 17.3 Å². The summed E-state index contributed by atoms with van der Waals surface area (Å²) in [7, 11) is 0. The number of anilines is 1. The van der Waals surface area contributed by atoms with E-state index >= 15 is 0 Å². The molecule has 148 valence electrons. The van der Waals surface area contributed by atoms with Gasteiger partial charge in [-0.1, -0.05) is 62.9 Å². The molecule has 0 fully saturated rings. The summed E-state index contributed by atoms with van der Waals surface area (Å²) in [6.07, 6.45) is 0. The van der Waals surface area contributed by atoms with Gasteiger partial charge < -0.3 is 4.42 Å². The predicted octanol–water partition coefficient (Wildman–Crippen LogP) is 4.68. The van der Waals surface area contributed by atoms with E-state index in [2.05, 4.69) is 43.1 Å². The van der Waals surface area contributed by atoms with E-state index in [1.807, 2.05) is 36.4 Å². The Morgan fingerprint density at radius 2 is 1.79 bits per heavy atom. The number of hydrogen-bond acceptors (Lipinski definition) is 6. The Labute approximate surface area is 174 Å². The molecule has 3 rings (SSSR count). The second-order valence-corrected chi connectivity index (χ2v) is 8.39. The smallest absolute Gasteiger partial charge is 0.277 e. The maximum absolute atomic E-state index is 12.6. The summed E-state index contributed by atoms with van der Waals surface area (Å²) >= 11 is 1.16. The van der Waals surface area contributed by atoms with Crippen LogP contribution in [0, 0.1) is 11.3 Å². The zero-order valence-electron chi connectivity index (χ0n) is 16.6. The van der Waals surface area contributed by atoms with Crippen LogP contribution in [-0.2, 0) is 10.2 Å². The zero-order chi connectivity index (χ0) is 20.9. The summed E-state index contributed by atoms with van der Waals surface area (Å²) < 4.78 is 5.70. The minimum atomic E-state index is -0.197. The van der Waals surface area contributed by atoms with Gasteiger partial charge in [-0.3, -0.25) is 9.69 Å². The van der Waals surface area contributed by atoms with Crippen molar-refractivity contribution in [2.45, 2.75) is 31.4 Å². The van der Waals surface area contributed by atoms with Crippen LogP contribution in [0.25, 0.3) is 11.5 Å². The van der Waals surface area contributed by atoms with Crippen LogP contribution >= 0.6 is 11.8 Å². The largest absolute Gasteiger partial charge is 0.411 e. The fourth-order valence-electron chi connectivity index (χ4n) is 2.70. The Morgan fingerprint density at radius 1 is 1.10 bits per heavy atom. The summed E-state index contributed by atoms with van der Waals surface area (Å²) in [6, 6.07) is 19.2. The first-order valence-corrected chi connectivity index (χ1v) is 10.2. The highest BCUT2D eigenvalue weighted by molar-refractivity contribution is 7.99. The quantitative estimate of drug-likeness (QED) is 0.436. The molecule has 7 heteroatoms. The number of carbonyl (C=O) groups excluding carboxylic acids is 1. The Hall–Kier alpha value is -3.11. The lowest BCUT2D eigenvalue weighted by Crippen LogP contribution is -2.32. The maximum Gasteiger partial charge on any atom is 0.277 e. The summed E-state index contributed by atoms with van der Waals surface area (Å²) in [5.74, 6) is 0.315. The van der Waals surface area contributed by atoms with Crippen LogP contribution < -0.4 is 4.90 Å². The first-order valence-electron chi connectivity index (χ1n) is 9.18. The van der Waals surface area contributed by atoms with Crippen molar-refractivity contribution < 1.29 is 9.21 Å². The van der Waals surface area contributed by atoms with E-state index in [1.54, 1.807) is 12.1 Å². The first-order chi connectivity index (χ1) is 13.9. The standard InChI is InChI=1S/C22H22N4O2S/c1-22(2,3)17-11-9-16(10-12-17)20-24-25-21(28-20)29-15-19(27)26(14-13-23)18-7-5-4-6-8-18/h4-12H,14-15H2,1-3H3. The fraction of sp³-hybridized carbons (Fsp3) is 0.273. The fourth-order valence-corrected chi connectivity index (χ4v) is 3.34. The number of amides is 1. The first kappa shape index (κ1) is 20.6. The summed E-state index contributed by atoms with van der Waals surface area (Å²) in [4.78, 5) is 14.0. The molecule has 0 atom stereocenters. The normalized spacial score (nSPS) is 11.1. The molecule has 0 aliphatic heterocycles. The Bertz CT molecular complexity index is 1000. The van der Waals surface area contributed by atoms with Gasteiger partial charge in [-0.15, -0.1) is 10.2 Å². The molecule has 3 aromatic rings. The van der Waals surface area contributed by atoms with E-state index in [1.165, 1.54) is 10.5 Å². The van der Waals surface area contributed by atoms with Crippen molar-refractivity contribution >= 4 is 23.4 Å². The molecule has 1 amide bonds. The Kier molecular flexibility index (Phi) is 6.35. The van der Waals surface area contributed by atoms with Crippen LogP contribution in [-0.4, -0.2) is 28.4 Å². The van der Waals surface area contributed by atoms with Crippen molar-refractivity contribution in [3.05, 3.63) is 60.2 Å². The third-order valence-corrected chi connectivity index (χ3v) is 5.12. The molecule has 0 unspecified atom stereocenters. The van der Waals surface area contributed by atoms with Gasteiger partial charge in [0.2, 0.25) is 11.8 Å². The molecule has 2 aromatic carbocycles. The molecule has 0 aliphatic carbocycles. The molecule has 0 aliphatic rings.